The Kier molecular flexibility index (Phi) is 6.08. The number of rotatable bonds is 6. The molecule has 0 N–H and O–H groups in total. The third-order valence-corrected chi connectivity index (χ3v) is 6.94. The highest BCUT2D eigenvalue weighted by molar-refractivity contribution is 5.99. The molecule has 0 bridgehead atoms. The minimum Gasteiger partial charge on any atom is -0.339 e. The molecule has 0 fully saturated rings. The fourth-order valence-electron chi connectivity index (χ4n) is 5.24. The van der Waals surface area contributed by atoms with Crippen LogP contribution in [0.25, 0.3) is 21.5 Å². The number of benzene rings is 6. The van der Waals surface area contributed by atoms with Crippen LogP contribution in [0, 0.1) is 0 Å². The number of hydrogen-bond donors (Lipinski definition) is 0. The Morgan fingerprint density at radius 2 is 1.00 bits per heavy atom. The van der Waals surface area contributed by atoms with E-state index in [9.17, 15) is 0 Å². The van der Waals surface area contributed by atoms with Crippen molar-refractivity contribution < 1.29 is 0 Å². The molecule has 0 atom stereocenters. The zero-order valence-corrected chi connectivity index (χ0v) is 21.3. The van der Waals surface area contributed by atoms with E-state index in [-0.39, 0.29) is 0 Å². The lowest BCUT2D eigenvalue weighted by Crippen LogP contribution is -2.25. The minimum absolute atomic E-state index is 0.315. The second kappa shape index (κ2) is 9.83. The number of para-hydroxylation sites is 1. The lowest BCUT2D eigenvalue weighted by Gasteiger charge is -2.31. The third kappa shape index (κ3) is 4.43. The maximum Gasteiger partial charge on any atom is 0.0540 e. The van der Waals surface area contributed by atoms with Gasteiger partial charge in [-0.1, -0.05) is 84.9 Å². The van der Waals surface area contributed by atoms with Crippen LogP contribution in [-0.2, 0) is 0 Å². The molecule has 6 aromatic carbocycles. The van der Waals surface area contributed by atoms with Crippen molar-refractivity contribution in [2.75, 3.05) is 9.80 Å². The predicted octanol–water partition coefficient (Wildman–Crippen LogP) is 10.0. The first-order chi connectivity index (χ1) is 18.2. The van der Waals surface area contributed by atoms with Crippen molar-refractivity contribution in [2.45, 2.75) is 19.9 Å². The van der Waals surface area contributed by atoms with Gasteiger partial charge in [-0.2, -0.15) is 0 Å². The van der Waals surface area contributed by atoms with Crippen molar-refractivity contribution in [3.63, 3.8) is 0 Å². The van der Waals surface area contributed by atoms with Gasteiger partial charge in [0.05, 0.1) is 5.69 Å². The molecule has 0 amide bonds. The molecule has 2 nitrogen and oxygen atoms in total. The van der Waals surface area contributed by atoms with Gasteiger partial charge in [0.15, 0.2) is 0 Å². The zero-order valence-electron chi connectivity index (χ0n) is 21.3. The summed E-state index contributed by atoms with van der Waals surface area (Å²) in [5.41, 5.74) is 5.83. The van der Waals surface area contributed by atoms with E-state index in [4.69, 9.17) is 0 Å². The Bertz CT molecular complexity index is 1650. The van der Waals surface area contributed by atoms with E-state index >= 15 is 0 Å². The normalized spacial score (nSPS) is 11.2. The standard InChI is InChI=1S/C35H30N2/c1-26(2)36(33-20-19-27-11-6-7-13-29(27)25-33)31-21-23-32(24-22-31)37(30-15-4-3-5-16-30)35-18-10-14-28-12-8-9-17-34(28)35/h3-26H,1-2H3. The molecule has 0 aromatic heterocycles. The van der Waals surface area contributed by atoms with Crippen molar-refractivity contribution in [1.29, 1.82) is 0 Å². The Labute approximate surface area is 219 Å². The van der Waals surface area contributed by atoms with Gasteiger partial charge >= 0.3 is 0 Å². The van der Waals surface area contributed by atoms with E-state index in [0.717, 1.165) is 11.4 Å². The van der Waals surface area contributed by atoms with Crippen LogP contribution in [0.2, 0.25) is 0 Å². The second-order valence-electron chi connectivity index (χ2n) is 9.68. The number of anilines is 5. The number of nitrogens with zero attached hydrogens (tertiary/aromatic N) is 2. The molecule has 0 saturated heterocycles. The monoisotopic (exact) mass is 478 g/mol. The number of hydrogen-bond acceptors (Lipinski definition) is 2. The smallest absolute Gasteiger partial charge is 0.0540 e. The summed E-state index contributed by atoms with van der Waals surface area (Å²) in [6.45, 7) is 4.49. The summed E-state index contributed by atoms with van der Waals surface area (Å²) in [5, 5.41) is 4.99. The quantitative estimate of drug-likeness (QED) is 0.235. The van der Waals surface area contributed by atoms with Gasteiger partial charge in [-0.15, -0.1) is 0 Å². The van der Waals surface area contributed by atoms with Gasteiger partial charge in [0.25, 0.3) is 0 Å². The Balaban J connectivity index is 1.44. The maximum atomic E-state index is 2.40. The van der Waals surface area contributed by atoms with Gasteiger partial charge < -0.3 is 9.80 Å². The molecule has 0 saturated carbocycles. The summed E-state index contributed by atoms with van der Waals surface area (Å²) < 4.78 is 0. The van der Waals surface area contributed by atoms with Crippen LogP contribution in [-0.4, -0.2) is 6.04 Å². The fourth-order valence-corrected chi connectivity index (χ4v) is 5.24. The third-order valence-electron chi connectivity index (χ3n) is 6.94. The predicted molar refractivity (Wildman–Crippen MR) is 160 cm³/mol. The number of fused-ring (bicyclic) bond motifs is 2. The highest BCUT2D eigenvalue weighted by Gasteiger charge is 2.17. The molecule has 180 valence electrons. The average Bonchev–Trinajstić information content (AvgIpc) is 2.95. The van der Waals surface area contributed by atoms with Crippen molar-refractivity contribution in [3.05, 3.63) is 140 Å². The first-order valence-corrected chi connectivity index (χ1v) is 12.9. The molecular formula is C35H30N2. The largest absolute Gasteiger partial charge is 0.339 e. The maximum absolute atomic E-state index is 2.40. The van der Waals surface area contributed by atoms with Crippen LogP contribution >= 0.6 is 0 Å². The van der Waals surface area contributed by atoms with Crippen LogP contribution < -0.4 is 9.80 Å². The Hall–Kier alpha value is -4.56. The lowest BCUT2D eigenvalue weighted by molar-refractivity contribution is 0.789. The molecule has 0 aliphatic carbocycles. The van der Waals surface area contributed by atoms with E-state index in [1.54, 1.807) is 0 Å². The van der Waals surface area contributed by atoms with E-state index in [0.29, 0.717) is 6.04 Å². The van der Waals surface area contributed by atoms with Crippen LogP contribution in [0.4, 0.5) is 28.4 Å². The molecule has 2 heteroatoms. The SMILES string of the molecule is CC(C)N(c1ccc(N(c2ccccc2)c2cccc3ccccc23)cc1)c1ccc2ccccc2c1. The Morgan fingerprint density at radius 1 is 0.432 bits per heavy atom. The van der Waals surface area contributed by atoms with Crippen LogP contribution in [0.15, 0.2) is 140 Å². The molecule has 0 spiro atoms. The summed E-state index contributed by atoms with van der Waals surface area (Å²) in [4.78, 5) is 4.75. The van der Waals surface area contributed by atoms with Gasteiger partial charge in [0.2, 0.25) is 0 Å². The topological polar surface area (TPSA) is 6.48 Å². The fraction of sp³-hybridized carbons (Fsp3) is 0.0857. The molecule has 6 rings (SSSR count). The van der Waals surface area contributed by atoms with Gasteiger partial charge in [-0.05, 0) is 84.6 Å². The summed E-state index contributed by atoms with van der Waals surface area (Å²) in [5.74, 6) is 0. The van der Waals surface area contributed by atoms with Crippen LogP contribution in [0.5, 0.6) is 0 Å². The average molecular weight is 479 g/mol. The highest BCUT2D eigenvalue weighted by Crippen LogP contribution is 2.40. The van der Waals surface area contributed by atoms with Gasteiger partial charge in [-0.25, -0.2) is 0 Å². The van der Waals surface area contributed by atoms with Crippen LogP contribution in [0.3, 0.4) is 0 Å². The first-order valence-electron chi connectivity index (χ1n) is 12.9. The van der Waals surface area contributed by atoms with Gasteiger partial charge in [-0.3, -0.25) is 0 Å². The van der Waals surface area contributed by atoms with Crippen LogP contribution in [0.1, 0.15) is 13.8 Å². The summed E-state index contributed by atoms with van der Waals surface area (Å²) in [6, 6.07) is 50.3. The van der Waals surface area contributed by atoms with Gasteiger partial charge in [0, 0.05) is 34.2 Å². The van der Waals surface area contributed by atoms with Gasteiger partial charge in [0.1, 0.15) is 0 Å². The first kappa shape index (κ1) is 22.9. The van der Waals surface area contributed by atoms with E-state index in [1.165, 1.54) is 38.6 Å². The van der Waals surface area contributed by atoms with E-state index < -0.39 is 0 Å². The highest BCUT2D eigenvalue weighted by atomic mass is 15.2. The summed E-state index contributed by atoms with van der Waals surface area (Å²) in [7, 11) is 0. The molecule has 0 aliphatic rings. The summed E-state index contributed by atoms with van der Waals surface area (Å²) >= 11 is 0. The summed E-state index contributed by atoms with van der Waals surface area (Å²) in [6.07, 6.45) is 0. The van der Waals surface area contributed by atoms with Crippen molar-refractivity contribution in [1.82, 2.24) is 0 Å². The molecule has 0 heterocycles. The molecular weight excluding hydrogens is 448 g/mol. The second-order valence-corrected chi connectivity index (χ2v) is 9.68. The molecule has 0 unspecified atom stereocenters. The lowest BCUT2D eigenvalue weighted by atomic mass is 10.1. The minimum atomic E-state index is 0.315. The van der Waals surface area contributed by atoms with E-state index in [1.807, 2.05) is 0 Å². The molecule has 0 radical (unpaired) electrons. The molecule has 6 aromatic rings. The van der Waals surface area contributed by atoms with Crippen molar-refractivity contribution in [3.8, 4) is 0 Å². The molecule has 0 aliphatic heterocycles. The Morgan fingerprint density at radius 3 is 1.76 bits per heavy atom. The molecule has 37 heavy (non-hydrogen) atoms. The van der Waals surface area contributed by atoms with Crippen molar-refractivity contribution in [2.24, 2.45) is 0 Å². The zero-order chi connectivity index (χ0) is 25.2. The van der Waals surface area contributed by atoms with E-state index in [2.05, 4.69) is 163 Å². The van der Waals surface area contributed by atoms with Crippen molar-refractivity contribution >= 4 is 50.0 Å².